The standard InChI is InChI=1S/C14H13FN2/c1-11-7-12(9-13(15)8-11)10-16-17-14-5-3-2-4-6-14/h2-10,17H,1H3. The summed E-state index contributed by atoms with van der Waals surface area (Å²) >= 11 is 0. The quantitative estimate of drug-likeness (QED) is 0.630. The molecule has 2 aromatic rings. The fourth-order valence-corrected chi connectivity index (χ4v) is 1.53. The van der Waals surface area contributed by atoms with Gasteiger partial charge in [0.05, 0.1) is 11.9 Å². The lowest BCUT2D eigenvalue weighted by atomic mass is 10.1. The van der Waals surface area contributed by atoms with Crippen molar-refractivity contribution in [3.63, 3.8) is 0 Å². The van der Waals surface area contributed by atoms with E-state index in [1.807, 2.05) is 43.3 Å². The smallest absolute Gasteiger partial charge is 0.124 e. The summed E-state index contributed by atoms with van der Waals surface area (Å²) in [5.41, 5.74) is 5.40. The van der Waals surface area contributed by atoms with Crippen molar-refractivity contribution in [3.8, 4) is 0 Å². The molecule has 3 heteroatoms. The molecule has 0 aromatic heterocycles. The van der Waals surface area contributed by atoms with Crippen LogP contribution in [0.2, 0.25) is 0 Å². The minimum atomic E-state index is -0.244. The van der Waals surface area contributed by atoms with E-state index in [-0.39, 0.29) is 5.82 Å². The van der Waals surface area contributed by atoms with Gasteiger partial charge in [-0.2, -0.15) is 5.10 Å². The number of para-hydroxylation sites is 1. The minimum Gasteiger partial charge on any atom is -0.279 e. The van der Waals surface area contributed by atoms with Gasteiger partial charge in [-0.15, -0.1) is 0 Å². The second kappa shape index (κ2) is 5.25. The van der Waals surface area contributed by atoms with Gasteiger partial charge in [-0.3, -0.25) is 5.43 Å². The Hall–Kier alpha value is -2.16. The summed E-state index contributed by atoms with van der Waals surface area (Å²) < 4.78 is 13.1. The van der Waals surface area contributed by atoms with E-state index in [0.717, 1.165) is 16.8 Å². The van der Waals surface area contributed by atoms with E-state index >= 15 is 0 Å². The van der Waals surface area contributed by atoms with Crippen molar-refractivity contribution in [1.82, 2.24) is 0 Å². The molecule has 0 spiro atoms. The first kappa shape index (κ1) is 11.3. The molecular formula is C14H13FN2. The zero-order chi connectivity index (χ0) is 12.1. The van der Waals surface area contributed by atoms with Gasteiger partial charge >= 0.3 is 0 Å². The fraction of sp³-hybridized carbons (Fsp3) is 0.0714. The SMILES string of the molecule is Cc1cc(F)cc(C=NNc2ccccc2)c1. The van der Waals surface area contributed by atoms with Crippen LogP contribution in [0.4, 0.5) is 10.1 Å². The number of hydrazone groups is 1. The molecule has 0 saturated heterocycles. The third-order valence-corrected chi connectivity index (χ3v) is 2.25. The number of rotatable bonds is 3. The predicted molar refractivity (Wildman–Crippen MR) is 68.8 cm³/mol. The van der Waals surface area contributed by atoms with Crippen LogP contribution in [-0.4, -0.2) is 6.21 Å². The van der Waals surface area contributed by atoms with E-state index in [4.69, 9.17) is 0 Å². The van der Waals surface area contributed by atoms with Crippen molar-refractivity contribution in [3.05, 3.63) is 65.5 Å². The van der Waals surface area contributed by atoms with Crippen molar-refractivity contribution in [2.45, 2.75) is 6.92 Å². The Bertz CT molecular complexity index is 501. The number of nitrogens with one attached hydrogen (secondary N) is 1. The van der Waals surface area contributed by atoms with Gasteiger partial charge < -0.3 is 0 Å². The molecule has 0 aliphatic heterocycles. The van der Waals surface area contributed by atoms with E-state index in [1.165, 1.54) is 12.1 Å². The summed E-state index contributed by atoms with van der Waals surface area (Å²) in [6.45, 7) is 1.85. The first-order valence-corrected chi connectivity index (χ1v) is 5.35. The topological polar surface area (TPSA) is 24.4 Å². The molecule has 0 fully saturated rings. The molecule has 0 saturated carbocycles. The lowest BCUT2D eigenvalue weighted by Gasteiger charge is -1.99. The van der Waals surface area contributed by atoms with Gasteiger partial charge in [0, 0.05) is 0 Å². The molecule has 0 bridgehead atoms. The predicted octanol–water partition coefficient (Wildman–Crippen LogP) is 3.58. The Balaban J connectivity index is 2.06. The van der Waals surface area contributed by atoms with Crippen LogP contribution in [0, 0.1) is 12.7 Å². The van der Waals surface area contributed by atoms with Crippen LogP contribution < -0.4 is 5.43 Å². The highest BCUT2D eigenvalue weighted by atomic mass is 19.1. The summed E-state index contributed by atoms with van der Waals surface area (Å²) in [6, 6.07) is 14.4. The highest BCUT2D eigenvalue weighted by molar-refractivity contribution is 5.80. The Morgan fingerprint density at radius 1 is 1.12 bits per heavy atom. The number of hydrogen-bond donors (Lipinski definition) is 1. The second-order valence-corrected chi connectivity index (χ2v) is 3.80. The van der Waals surface area contributed by atoms with E-state index < -0.39 is 0 Å². The number of benzene rings is 2. The first-order valence-electron chi connectivity index (χ1n) is 5.35. The number of hydrogen-bond acceptors (Lipinski definition) is 2. The van der Waals surface area contributed by atoms with Crippen LogP contribution in [0.5, 0.6) is 0 Å². The molecule has 2 nitrogen and oxygen atoms in total. The van der Waals surface area contributed by atoms with Crippen LogP contribution in [-0.2, 0) is 0 Å². The average Bonchev–Trinajstić information content (AvgIpc) is 2.29. The van der Waals surface area contributed by atoms with Gasteiger partial charge in [-0.25, -0.2) is 4.39 Å². The normalized spacial score (nSPS) is 10.7. The van der Waals surface area contributed by atoms with E-state index in [9.17, 15) is 4.39 Å². The van der Waals surface area contributed by atoms with Gasteiger partial charge in [-0.1, -0.05) is 24.3 Å². The summed E-state index contributed by atoms with van der Waals surface area (Å²) in [4.78, 5) is 0. The molecular weight excluding hydrogens is 215 g/mol. The molecule has 2 aromatic carbocycles. The molecule has 17 heavy (non-hydrogen) atoms. The third-order valence-electron chi connectivity index (χ3n) is 2.25. The van der Waals surface area contributed by atoms with Crippen LogP contribution in [0.25, 0.3) is 0 Å². The summed E-state index contributed by atoms with van der Waals surface area (Å²) in [7, 11) is 0. The summed E-state index contributed by atoms with van der Waals surface area (Å²) in [5, 5.41) is 4.05. The van der Waals surface area contributed by atoms with E-state index in [2.05, 4.69) is 10.5 Å². The van der Waals surface area contributed by atoms with Crippen molar-refractivity contribution < 1.29 is 4.39 Å². The average molecular weight is 228 g/mol. The maximum Gasteiger partial charge on any atom is 0.124 e. The molecule has 86 valence electrons. The molecule has 0 aliphatic carbocycles. The fourth-order valence-electron chi connectivity index (χ4n) is 1.53. The van der Waals surface area contributed by atoms with E-state index in [0.29, 0.717) is 0 Å². The number of aryl methyl sites for hydroxylation is 1. The molecule has 0 aliphatic rings. The van der Waals surface area contributed by atoms with Crippen LogP contribution in [0.15, 0.2) is 53.6 Å². The zero-order valence-electron chi connectivity index (χ0n) is 9.52. The monoisotopic (exact) mass is 228 g/mol. The lowest BCUT2D eigenvalue weighted by molar-refractivity contribution is 0.626. The van der Waals surface area contributed by atoms with Crippen molar-refractivity contribution in [1.29, 1.82) is 0 Å². The number of halogens is 1. The summed E-state index contributed by atoms with van der Waals surface area (Å²) in [6.07, 6.45) is 1.60. The van der Waals surface area contributed by atoms with Crippen LogP contribution in [0.3, 0.4) is 0 Å². The van der Waals surface area contributed by atoms with Gasteiger partial charge in [0.15, 0.2) is 0 Å². The number of anilines is 1. The maximum atomic E-state index is 13.1. The molecule has 2 rings (SSSR count). The van der Waals surface area contributed by atoms with Gasteiger partial charge in [0.2, 0.25) is 0 Å². The Morgan fingerprint density at radius 3 is 2.59 bits per heavy atom. The largest absolute Gasteiger partial charge is 0.279 e. The Labute approximate surface area is 99.8 Å². The van der Waals surface area contributed by atoms with Crippen molar-refractivity contribution in [2.75, 3.05) is 5.43 Å². The van der Waals surface area contributed by atoms with Gasteiger partial charge in [0.1, 0.15) is 5.82 Å². The van der Waals surface area contributed by atoms with Crippen LogP contribution >= 0.6 is 0 Å². The van der Waals surface area contributed by atoms with Gasteiger partial charge in [-0.05, 0) is 42.3 Å². The molecule has 1 N–H and O–H groups in total. The van der Waals surface area contributed by atoms with Gasteiger partial charge in [0.25, 0.3) is 0 Å². The molecule has 0 heterocycles. The minimum absolute atomic E-state index is 0.244. The van der Waals surface area contributed by atoms with E-state index in [1.54, 1.807) is 6.21 Å². The zero-order valence-corrected chi connectivity index (χ0v) is 9.52. The first-order chi connectivity index (χ1) is 8.24. The highest BCUT2D eigenvalue weighted by Gasteiger charge is 1.95. The summed E-state index contributed by atoms with van der Waals surface area (Å²) in [5.74, 6) is -0.244. The Kier molecular flexibility index (Phi) is 3.50. The molecule has 0 amide bonds. The second-order valence-electron chi connectivity index (χ2n) is 3.80. The third kappa shape index (κ3) is 3.41. The number of nitrogens with zero attached hydrogens (tertiary/aromatic N) is 1. The van der Waals surface area contributed by atoms with Crippen LogP contribution in [0.1, 0.15) is 11.1 Å². The molecule has 0 unspecified atom stereocenters. The highest BCUT2D eigenvalue weighted by Crippen LogP contribution is 2.07. The maximum absolute atomic E-state index is 13.1. The Morgan fingerprint density at radius 2 is 1.88 bits per heavy atom. The van der Waals surface area contributed by atoms with Crippen molar-refractivity contribution >= 4 is 11.9 Å². The molecule has 0 radical (unpaired) electrons. The lowest BCUT2D eigenvalue weighted by Crippen LogP contribution is -1.91. The molecule has 0 atom stereocenters. The van der Waals surface area contributed by atoms with Crippen molar-refractivity contribution in [2.24, 2.45) is 5.10 Å².